The van der Waals surface area contributed by atoms with Gasteiger partial charge in [0.05, 0.1) is 10.7 Å². The maximum absolute atomic E-state index is 12.6. The van der Waals surface area contributed by atoms with Gasteiger partial charge in [0.15, 0.2) is 6.10 Å². The van der Waals surface area contributed by atoms with E-state index in [2.05, 4.69) is 22.0 Å². The third-order valence-electron chi connectivity index (χ3n) is 4.43. The number of para-hydroxylation sites is 1. The van der Waals surface area contributed by atoms with Crippen LogP contribution in [-0.4, -0.2) is 54.0 Å². The van der Waals surface area contributed by atoms with Crippen molar-refractivity contribution in [2.45, 2.75) is 26.9 Å². The molecule has 0 bridgehead atoms. The van der Waals surface area contributed by atoms with Gasteiger partial charge in [-0.3, -0.25) is 4.79 Å². The summed E-state index contributed by atoms with van der Waals surface area (Å²) in [5.41, 5.74) is 1.81. The normalized spacial score (nSPS) is 15.7. The number of nitrogens with zero attached hydrogens (tertiary/aromatic N) is 3. The summed E-state index contributed by atoms with van der Waals surface area (Å²) >= 11 is 1.29. The van der Waals surface area contributed by atoms with Crippen molar-refractivity contribution in [2.24, 2.45) is 0 Å². The van der Waals surface area contributed by atoms with Gasteiger partial charge in [0.2, 0.25) is 0 Å². The zero-order valence-corrected chi connectivity index (χ0v) is 16.1. The third-order valence-corrected chi connectivity index (χ3v) is 5.49. The van der Waals surface area contributed by atoms with Gasteiger partial charge in [0.1, 0.15) is 4.88 Å². The van der Waals surface area contributed by atoms with Crippen LogP contribution in [0.15, 0.2) is 30.3 Å². The van der Waals surface area contributed by atoms with E-state index in [0.29, 0.717) is 23.7 Å². The van der Waals surface area contributed by atoms with Crippen LogP contribution >= 0.6 is 11.3 Å². The van der Waals surface area contributed by atoms with E-state index in [9.17, 15) is 9.59 Å². The summed E-state index contributed by atoms with van der Waals surface area (Å²) in [5, 5.41) is 0.811. The van der Waals surface area contributed by atoms with Gasteiger partial charge in [0.25, 0.3) is 5.91 Å². The molecule has 1 aromatic carbocycles. The second kappa shape index (κ2) is 7.86. The number of anilines is 1. The molecule has 1 atom stereocenters. The summed E-state index contributed by atoms with van der Waals surface area (Å²) in [6, 6.07) is 10.2. The zero-order chi connectivity index (χ0) is 18.7. The number of amides is 1. The highest BCUT2D eigenvalue weighted by Gasteiger charge is 2.28. The number of thiazole rings is 1. The molecule has 3 rings (SSSR count). The Balaban J connectivity index is 1.54. The number of aromatic nitrogens is 1. The Morgan fingerprint density at radius 1 is 1.12 bits per heavy atom. The van der Waals surface area contributed by atoms with Crippen LogP contribution in [0.1, 0.15) is 27.3 Å². The molecule has 1 fully saturated rings. The van der Waals surface area contributed by atoms with E-state index in [1.54, 1.807) is 18.7 Å². The van der Waals surface area contributed by atoms with Crippen molar-refractivity contribution in [3.05, 3.63) is 45.9 Å². The number of hydrogen-bond acceptors (Lipinski definition) is 6. The molecule has 6 nitrogen and oxygen atoms in total. The summed E-state index contributed by atoms with van der Waals surface area (Å²) < 4.78 is 5.38. The van der Waals surface area contributed by atoms with E-state index >= 15 is 0 Å². The predicted octanol–water partition coefficient (Wildman–Crippen LogP) is 2.65. The zero-order valence-electron chi connectivity index (χ0n) is 15.3. The molecule has 2 heterocycles. The molecule has 138 valence electrons. The number of ether oxygens (including phenoxy) is 1. The Labute approximate surface area is 157 Å². The topological polar surface area (TPSA) is 62.7 Å². The first-order valence-electron chi connectivity index (χ1n) is 8.69. The number of piperazine rings is 1. The van der Waals surface area contributed by atoms with Gasteiger partial charge in [-0.25, -0.2) is 9.78 Å². The highest BCUT2D eigenvalue weighted by Crippen LogP contribution is 2.20. The van der Waals surface area contributed by atoms with E-state index in [-0.39, 0.29) is 5.91 Å². The Morgan fingerprint density at radius 3 is 2.35 bits per heavy atom. The van der Waals surface area contributed by atoms with Crippen molar-refractivity contribution in [3.63, 3.8) is 0 Å². The van der Waals surface area contributed by atoms with E-state index in [1.165, 1.54) is 11.3 Å². The van der Waals surface area contributed by atoms with Crippen LogP contribution in [-0.2, 0) is 9.53 Å². The van der Waals surface area contributed by atoms with E-state index in [0.717, 1.165) is 23.8 Å². The largest absolute Gasteiger partial charge is 0.448 e. The Hall–Kier alpha value is -2.41. The van der Waals surface area contributed by atoms with Crippen LogP contribution in [0.5, 0.6) is 0 Å². The highest BCUT2D eigenvalue weighted by molar-refractivity contribution is 7.13. The molecule has 7 heteroatoms. The Kier molecular flexibility index (Phi) is 5.56. The summed E-state index contributed by atoms with van der Waals surface area (Å²) in [5.74, 6) is -0.623. The molecule has 1 saturated heterocycles. The number of carbonyl (C=O) groups excluding carboxylic acids is 2. The van der Waals surface area contributed by atoms with Crippen LogP contribution in [0.25, 0.3) is 0 Å². The van der Waals surface area contributed by atoms with Crippen LogP contribution in [0.3, 0.4) is 0 Å². The van der Waals surface area contributed by atoms with Crippen LogP contribution in [0, 0.1) is 13.8 Å². The quantitative estimate of drug-likeness (QED) is 0.771. The van der Waals surface area contributed by atoms with Crippen molar-refractivity contribution >= 4 is 28.9 Å². The van der Waals surface area contributed by atoms with E-state index in [4.69, 9.17) is 4.74 Å². The lowest BCUT2D eigenvalue weighted by molar-refractivity contribution is -0.140. The summed E-state index contributed by atoms with van der Waals surface area (Å²) in [6.07, 6.45) is -0.799. The molecule has 0 spiro atoms. The summed E-state index contributed by atoms with van der Waals surface area (Å²) in [6.45, 7) is 8.02. The van der Waals surface area contributed by atoms with Crippen LogP contribution in [0.4, 0.5) is 5.69 Å². The lowest BCUT2D eigenvalue weighted by Gasteiger charge is -2.37. The standard InChI is InChI=1S/C19H23N3O3S/c1-13-17(26-15(3)20-13)19(24)25-14(2)18(23)22-11-9-21(10-12-22)16-7-5-4-6-8-16/h4-8,14H,9-12H2,1-3H3/t14-/m0/s1. The molecule has 0 unspecified atom stereocenters. The van der Waals surface area contributed by atoms with Gasteiger partial charge in [-0.05, 0) is 32.9 Å². The first kappa shape index (κ1) is 18.4. The molecular weight excluding hydrogens is 350 g/mol. The molecule has 1 aromatic heterocycles. The molecule has 0 radical (unpaired) electrons. The average Bonchev–Trinajstić information content (AvgIpc) is 3.00. The Morgan fingerprint density at radius 2 is 1.77 bits per heavy atom. The predicted molar refractivity (Wildman–Crippen MR) is 102 cm³/mol. The minimum Gasteiger partial charge on any atom is -0.448 e. The number of hydrogen-bond donors (Lipinski definition) is 0. The van der Waals surface area contributed by atoms with Gasteiger partial charge in [-0.15, -0.1) is 11.3 Å². The molecule has 0 N–H and O–H groups in total. The van der Waals surface area contributed by atoms with E-state index < -0.39 is 12.1 Å². The van der Waals surface area contributed by atoms with Crippen molar-refractivity contribution in [2.75, 3.05) is 31.1 Å². The van der Waals surface area contributed by atoms with Crippen molar-refractivity contribution < 1.29 is 14.3 Å². The number of benzene rings is 1. The van der Waals surface area contributed by atoms with Gasteiger partial charge in [-0.2, -0.15) is 0 Å². The van der Waals surface area contributed by atoms with E-state index in [1.807, 2.05) is 25.1 Å². The number of esters is 1. The van der Waals surface area contributed by atoms with Crippen LogP contribution < -0.4 is 4.90 Å². The second-order valence-electron chi connectivity index (χ2n) is 6.34. The highest BCUT2D eigenvalue weighted by atomic mass is 32.1. The van der Waals surface area contributed by atoms with Gasteiger partial charge < -0.3 is 14.5 Å². The molecule has 26 heavy (non-hydrogen) atoms. The molecule has 0 saturated carbocycles. The lowest BCUT2D eigenvalue weighted by atomic mass is 10.2. The van der Waals surface area contributed by atoms with Crippen molar-refractivity contribution in [1.29, 1.82) is 0 Å². The maximum Gasteiger partial charge on any atom is 0.351 e. The monoisotopic (exact) mass is 373 g/mol. The maximum atomic E-state index is 12.6. The lowest BCUT2D eigenvalue weighted by Crippen LogP contribution is -2.51. The van der Waals surface area contributed by atoms with Gasteiger partial charge in [0, 0.05) is 31.9 Å². The first-order valence-corrected chi connectivity index (χ1v) is 9.51. The molecule has 1 amide bonds. The van der Waals surface area contributed by atoms with Gasteiger partial charge in [-0.1, -0.05) is 18.2 Å². The smallest absolute Gasteiger partial charge is 0.351 e. The molecule has 1 aliphatic heterocycles. The molecule has 1 aliphatic rings. The van der Waals surface area contributed by atoms with Gasteiger partial charge >= 0.3 is 5.97 Å². The second-order valence-corrected chi connectivity index (χ2v) is 7.55. The fourth-order valence-corrected chi connectivity index (χ4v) is 3.87. The fourth-order valence-electron chi connectivity index (χ4n) is 3.07. The minimum absolute atomic E-state index is 0.148. The summed E-state index contributed by atoms with van der Waals surface area (Å²) in [4.78, 5) is 33.6. The fraction of sp³-hybridized carbons (Fsp3) is 0.421. The first-order chi connectivity index (χ1) is 12.5. The number of carbonyl (C=O) groups is 2. The summed E-state index contributed by atoms with van der Waals surface area (Å²) in [7, 11) is 0. The van der Waals surface area contributed by atoms with Crippen molar-refractivity contribution in [1.82, 2.24) is 9.88 Å². The molecular formula is C19H23N3O3S. The SMILES string of the molecule is Cc1nc(C)c(C(=O)O[C@@H](C)C(=O)N2CCN(c3ccccc3)CC2)s1. The van der Waals surface area contributed by atoms with Crippen LogP contribution in [0.2, 0.25) is 0 Å². The molecule has 0 aliphatic carbocycles. The average molecular weight is 373 g/mol. The Bertz CT molecular complexity index is 783. The third kappa shape index (κ3) is 4.04. The van der Waals surface area contributed by atoms with Crippen molar-refractivity contribution in [3.8, 4) is 0 Å². The number of aryl methyl sites for hydroxylation is 2. The minimum atomic E-state index is -0.799. The molecule has 2 aromatic rings. The number of rotatable bonds is 4.